The van der Waals surface area contributed by atoms with Crippen LogP contribution in [0, 0.1) is 12.3 Å². The van der Waals surface area contributed by atoms with E-state index >= 15 is 0 Å². The largest absolute Gasteiger partial charge is 0.378 e. The average molecular weight is 398 g/mol. The summed E-state index contributed by atoms with van der Waals surface area (Å²) in [5.41, 5.74) is 2.41. The predicted molar refractivity (Wildman–Crippen MR) is 114 cm³/mol. The quantitative estimate of drug-likeness (QED) is 0.551. The Labute approximate surface area is 173 Å². The van der Waals surface area contributed by atoms with Gasteiger partial charge in [0, 0.05) is 57.9 Å². The zero-order valence-corrected chi connectivity index (χ0v) is 17.3. The van der Waals surface area contributed by atoms with Gasteiger partial charge in [0.2, 0.25) is 11.8 Å². The van der Waals surface area contributed by atoms with Crippen LogP contribution in [-0.2, 0) is 16.1 Å². The number of hydrogen-bond donors (Lipinski definition) is 3. The van der Waals surface area contributed by atoms with Crippen molar-refractivity contribution < 1.29 is 9.59 Å². The molecule has 2 saturated heterocycles. The van der Waals surface area contributed by atoms with Crippen LogP contribution in [0.5, 0.6) is 0 Å². The molecule has 2 heterocycles. The number of benzene rings is 1. The van der Waals surface area contributed by atoms with Gasteiger partial charge >= 0.3 is 0 Å². The summed E-state index contributed by atoms with van der Waals surface area (Å²) >= 11 is 0. The maximum Gasteiger partial charge on any atom is 0.237 e. The molecule has 0 saturated carbocycles. The maximum absolute atomic E-state index is 12.3. The summed E-state index contributed by atoms with van der Waals surface area (Å²) in [5, 5.41) is 9.31. The van der Waals surface area contributed by atoms with Gasteiger partial charge < -0.3 is 20.9 Å². The number of fused-ring (bicyclic) bond motifs is 1. The fourth-order valence-electron chi connectivity index (χ4n) is 4.10. The topological polar surface area (TPSA) is 76.7 Å². The van der Waals surface area contributed by atoms with E-state index in [-0.39, 0.29) is 36.5 Å². The molecule has 3 atom stereocenters. The normalized spacial score (nSPS) is 23.8. The molecule has 156 valence electrons. The molecule has 7 heteroatoms. The Bertz CT molecular complexity index is 755. The lowest BCUT2D eigenvalue weighted by Gasteiger charge is -2.37. The molecule has 3 rings (SSSR count). The van der Waals surface area contributed by atoms with Crippen LogP contribution in [0.25, 0.3) is 0 Å². The molecule has 0 radical (unpaired) electrons. The predicted octanol–water partition coefficient (Wildman–Crippen LogP) is 0.313. The monoisotopic (exact) mass is 397 g/mol. The van der Waals surface area contributed by atoms with Crippen LogP contribution in [0.1, 0.15) is 24.8 Å². The van der Waals surface area contributed by atoms with Crippen LogP contribution in [0.15, 0.2) is 24.3 Å². The second-order valence-corrected chi connectivity index (χ2v) is 8.01. The van der Waals surface area contributed by atoms with E-state index in [2.05, 4.69) is 55.9 Å². The molecule has 1 aromatic carbocycles. The Hall–Kier alpha value is -2.56. The highest BCUT2D eigenvalue weighted by Gasteiger charge is 2.43. The molecular formula is C22H31N5O2. The van der Waals surface area contributed by atoms with Gasteiger partial charge in [-0.25, -0.2) is 0 Å². The van der Waals surface area contributed by atoms with E-state index < -0.39 is 0 Å². The van der Waals surface area contributed by atoms with Gasteiger partial charge in [0.05, 0.1) is 12.6 Å². The number of piperazine rings is 1. The third kappa shape index (κ3) is 5.49. The van der Waals surface area contributed by atoms with Gasteiger partial charge in [-0.15, -0.1) is 6.42 Å². The summed E-state index contributed by atoms with van der Waals surface area (Å²) < 4.78 is 0. The SMILES string of the molecule is C#CCNC(=O)CC[C@@H]1CNC(=O)[C@@H]2C[C@H](NCc3ccc(N(C)C)cc3)CN12. The number of terminal acetylenes is 1. The standard InChI is InChI=1S/C22H31N5O2/c1-4-11-23-21(28)10-9-19-14-25-22(29)20-12-17(15-27(19)20)24-13-16-5-7-18(8-6-16)26(2)3/h1,5-8,17,19-20,24H,9-15H2,2-3H3,(H,23,28)(H,25,29)/t17-,19+,20-/m0/s1. The first-order chi connectivity index (χ1) is 14.0. The van der Waals surface area contributed by atoms with E-state index in [0.29, 0.717) is 19.4 Å². The Morgan fingerprint density at radius 2 is 2.10 bits per heavy atom. The van der Waals surface area contributed by atoms with Crippen molar-refractivity contribution in [2.24, 2.45) is 0 Å². The van der Waals surface area contributed by atoms with Crippen molar-refractivity contribution in [3.63, 3.8) is 0 Å². The van der Waals surface area contributed by atoms with Crippen LogP contribution in [0.2, 0.25) is 0 Å². The van der Waals surface area contributed by atoms with E-state index in [0.717, 1.165) is 19.5 Å². The summed E-state index contributed by atoms with van der Waals surface area (Å²) in [6, 6.07) is 8.82. The molecule has 2 aliphatic rings. The highest BCUT2D eigenvalue weighted by atomic mass is 16.2. The van der Waals surface area contributed by atoms with E-state index in [1.807, 2.05) is 14.1 Å². The second kappa shape index (κ2) is 9.77. The fourth-order valence-corrected chi connectivity index (χ4v) is 4.10. The summed E-state index contributed by atoms with van der Waals surface area (Å²) in [7, 11) is 4.06. The molecule has 0 aliphatic carbocycles. The lowest BCUT2D eigenvalue weighted by Crippen LogP contribution is -2.58. The van der Waals surface area contributed by atoms with Crippen molar-refractivity contribution in [2.75, 3.05) is 38.6 Å². The first-order valence-corrected chi connectivity index (χ1v) is 10.2. The van der Waals surface area contributed by atoms with Gasteiger partial charge in [-0.1, -0.05) is 18.1 Å². The van der Waals surface area contributed by atoms with Gasteiger partial charge in [0.15, 0.2) is 0 Å². The lowest BCUT2D eigenvalue weighted by molar-refractivity contribution is -0.129. The minimum atomic E-state index is -0.115. The van der Waals surface area contributed by atoms with E-state index in [9.17, 15) is 9.59 Å². The summed E-state index contributed by atoms with van der Waals surface area (Å²) in [6.45, 7) is 2.45. The summed E-state index contributed by atoms with van der Waals surface area (Å²) in [5.74, 6) is 2.47. The summed E-state index contributed by atoms with van der Waals surface area (Å²) in [4.78, 5) is 28.5. The Balaban J connectivity index is 1.51. The maximum atomic E-state index is 12.3. The molecular weight excluding hydrogens is 366 g/mol. The van der Waals surface area contributed by atoms with E-state index in [1.54, 1.807) is 0 Å². The van der Waals surface area contributed by atoms with Crippen molar-refractivity contribution in [2.45, 2.75) is 43.9 Å². The molecule has 0 spiro atoms. The van der Waals surface area contributed by atoms with Crippen molar-refractivity contribution in [1.82, 2.24) is 20.9 Å². The minimum absolute atomic E-state index is 0.0357. The van der Waals surface area contributed by atoms with E-state index in [1.165, 1.54) is 11.3 Å². The van der Waals surface area contributed by atoms with Crippen LogP contribution < -0.4 is 20.9 Å². The van der Waals surface area contributed by atoms with Gasteiger partial charge in [0.25, 0.3) is 0 Å². The smallest absolute Gasteiger partial charge is 0.237 e. The number of nitrogens with zero attached hydrogens (tertiary/aromatic N) is 2. The fraction of sp³-hybridized carbons (Fsp3) is 0.545. The van der Waals surface area contributed by atoms with Crippen LogP contribution in [0.4, 0.5) is 5.69 Å². The molecule has 3 N–H and O–H groups in total. The van der Waals surface area contributed by atoms with Crippen LogP contribution >= 0.6 is 0 Å². The third-order valence-corrected chi connectivity index (χ3v) is 5.76. The highest BCUT2D eigenvalue weighted by Crippen LogP contribution is 2.26. The van der Waals surface area contributed by atoms with Gasteiger partial charge in [0.1, 0.15) is 0 Å². The van der Waals surface area contributed by atoms with Crippen molar-refractivity contribution >= 4 is 17.5 Å². The number of carbonyl (C=O) groups excluding carboxylic acids is 2. The summed E-state index contributed by atoms with van der Waals surface area (Å²) in [6.07, 6.45) is 7.10. The number of rotatable bonds is 8. The Morgan fingerprint density at radius 3 is 2.79 bits per heavy atom. The zero-order chi connectivity index (χ0) is 20.8. The number of nitrogens with one attached hydrogen (secondary N) is 3. The molecule has 7 nitrogen and oxygen atoms in total. The second-order valence-electron chi connectivity index (χ2n) is 8.01. The van der Waals surface area contributed by atoms with Crippen LogP contribution in [0.3, 0.4) is 0 Å². The van der Waals surface area contributed by atoms with Crippen LogP contribution in [-0.4, -0.2) is 68.6 Å². The third-order valence-electron chi connectivity index (χ3n) is 5.76. The number of hydrogen-bond acceptors (Lipinski definition) is 5. The van der Waals surface area contributed by atoms with Gasteiger partial charge in [-0.05, 0) is 30.5 Å². The molecule has 2 aliphatic heterocycles. The molecule has 0 bridgehead atoms. The molecule has 2 fully saturated rings. The molecule has 0 aromatic heterocycles. The number of amides is 2. The Morgan fingerprint density at radius 1 is 1.34 bits per heavy atom. The first-order valence-electron chi connectivity index (χ1n) is 10.2. The Kier molecular flexibility index (Phi) is 7.13. The molecule has 1 aromatic rings. The number of anilines is 1. The minimum Gasteiger partial charge on any atom is -0.378 e. The average Bonchev–Trinajstić information content (AvgIpc) is 3.16. The number of carbonyl (C=O) groups is 2. The molecule has 29 heavy (non-hydrogen) atoms. The van der Waals surface area contributed by atoms with E-state index in [4.69, 9.17) is 6.42 Å². The van der Waals surface area contributed by atoms with Gasteiger partial charge in [-0.3, -0.25) is 14.5 Å². The molecule has 2 amide bonds. The zero-order valence-electron chi connectivity index (χ0n) is 17.3. The highest BCUT2D eigenvalue weighted by molar-refractivity contribution is 5.83. The first kappa shape index (κ1) is 21.2. The van der Waals surface area contributed by atoms with Gasteiger partial charge in [-0.2, -0.15) is 0 Å². The van der Waals surface area contributed by atoms with Crippen molar-refractivity contribution in [1.29, 1.82) is 0 Å². The van der Waals surface area contributed by atoms with Crippen molar-refractivity contribution in [3.05, 3.63) is 29.8 Å². The van der Waals surface area contributed by atoms with Crippen molar-refractivity contribution in [3.8, 4) is 12.3 Å². The molecule has 0 unspecified atom stereocenters. The lowest BCUT2D eigenvalue weighted by atomic mass is 10.0.